The van der Waals surface area contributed by atoms with Gasteiger partial charge in [-0.15, -0.1) is 0 Å². The van der Waals surface area contributed by atoms with Crippen molar-refractivity contribution in [2.75, 3.05) is 7.11 Å². The van der Waals surface area contributed by atoms with E-state index in [9.17, 15) is 9.59 Å². The summed E-state index contributed by atoms with van der Waals surface area (Å²) in [7, 11) is 1.33. The van der Waals surface area contributed by atoms with Crippen LogP contribution in [-0.4, -0.2) is 25.2 Å². The van der Waals surface area contributed by atoms with Gasteiger partial charge >= 0.3 is 5.97 Å². The molecule has 0 saturated carbocycles. The Morgan fingerprint density at radius 3 is 2.29 bits per heavy atom. The van der Waals surface area contributed by atoms with Crippen LogP contribution in [0.2, 0.25) is 0 Å². The lowest BCUT2D eigenvalue weighted by Gasteiger charge is -2.00. The van der Waals surface area contributed by atoms with Crippen molar-refractivity contribution in [1.29, 1.82) is 0 Å². The number of esters is 1. The predicted molar refractivity (Wildman–Crippen MR) is 79.3 cm³/mol. The number of hydrazone groups is 1. The molecule has 5 heteroatoms. The molecule has 2 aromatic rings. The number of hydrogen-bond donors (Lipinski definition) is 1. The second kappa shape index (κ2) is 7.00. The smallest absolute Gasteiger partial charge is 0.337 e. The third-order valence-electron chi connectivity index (χ3n) is 2.75. The monoisotopic (exact) mass is 282 g/mol. The van der Waals surface area contributed by atoms with Gasteiger partial charge in [-0.05, 0) is 29.8 Å². The molecule has 0 atom stereocenters. The van der Waals surface area contributed by atoms with E-state index in [1.165, 1.54) is 13.3 Å². The van der Waals surface area contributed by atoms with Gasteiger partial charge in [0.15, 0.2) is 0 Å². The molecule has 106 valence electrons. The van der Waals surface area contributed by atoms with Crippen LogP contribution in [0.15, 0.2) is 59.7 Å². The molecule has 0 saturated heterocycles. The molecule has 1 N–H and O–H groups in total. The van der Waals surface area contributed by atoms with E-state index >= 15 is 0 Å². The Morgan fingerprint density at radius 1 is 1.00 bits per heavy atom. The van der Waals surface area contributed by atoms with E-state index in [4.69, 9.17) is 0 Å². The van der Waals surface area contributed by atoms with Crippen LogP contribution in [-0.2, 0) is 4.74 Å². The molecule has 0 heterocycles. The number of benzene rings is 2. The number of rotatable bonds is 4. The molecule has 0 aliphatic heterocycles. The molecular weight excluding hydrogens is 268 g/mol. The summed E-state index contributed by atoms with van der Waals surface area (Å²) < 4.78 is 4.61. The van der Waals surface area contributed by atoms with Gasteiger partial charge < -0.3 is 4.74 Å². The minimum Gasteiger partial charge on any atom is -0.465 e. The zero-order valence-corrected chi connectivity index (χ0v) is 11.4. The minimum absolute atomic E-state index is 0.280. The maximum atomic E-state index is 11.7. The molecule has 0 aliphatic rings. The van der Waals surface area contributed by atoms with E-state index in [-0.39, 0.29) is 5.91 Å². The highest BCUT2D eigenvalue weighted by atomic mass is 16.5. The fourth-order valence-electron chi connectivity index (χ4n) is 1.64. The lowest BCUT2D eigenvalue weighted by atomic mass is 10.1. The summed E-state index contributed by atoms with van der Waals surface area (Å²) in [6, 6.07) is 15.5. The van der Waals surface area contributed by atoms with E-state index in [1.54, 1.807) is 48.5 Å². The van der Waals surface area contributed by atoms with Gasteiger partial charge in [0.05, 0.1) is 18.9 Å². The standard InChI is InChI=1S/C16H14N2O3/c1-21-16(20)14-9-7-12(8-10-14)11-17-18-15(19)13-5-3-2-4-6-13/h2-11H,1H3,(H,18,19). The van der Waals surface area contributed by atoms with E-state index in [0.717, 1.165) is 5.56 Å². The SMILES string of the molecule is COC(=O)c1ccc(C=NNC(=O)c2ccccc2)cc1. The van der Waals surface area contributed by atoms with Gasteiger partial charge in [-0.25, -0.2) is 10.2 Å². The zero-order valence-electron chi connectivity index (χ0n) is 11.4. The summed E-state index contributed by atoms with van der Waals surface area (Å²) in [6.07, 6.45) is 1.50. The van der Waals surface area contributed by atoms with Gasteiger partial charge in [-0.2, -0.15) is 5.10 Å². The van der Waals surface area contributed by atoms with Crippen LogP contribution in [0.25, 0.3) is 0 Å². The second-order valence-electron chi connectivity index (χ2n) is 4.18. The molecule has 0 bridgehead atoms. The fourth-order valence-corrected chi connectivity index (χ4v) is 1.64. The first kappa shape index (κ1) is 14.5. The maximum absolute atomic E-state index is 11.7. The molecular formula is C16H14N2O3. The molecule has 1 amide bonds. The summed E-state index contributed by atoms with van der Waals surface area (Å²) in [4.78, 5) is 23.0. The minimum atomic E-state index is -0.393. The number of nitrogens with one attached hydrogen (secondary N) is 1. The Morgan fingerprint density at radius 2 is 1.67 bits per heavy atom. The molecule has 2 rings (SSSR count). The first-order valence-corrected chi connectivity index (χ1v) is 6.27. The normalized spacial score (nSPS) is 10.3. The van der Waals surface area contributed by atoms with Crippen molar-refractivity contribution in [3.63, 3.8) is 0 Å². The predicted octanol–water partition coefficient (Wildman–Crippen LogP) is 2.24. The lowest BCUT2D eigenvalue weighted by Crippen LogP contribution is -2.17. The van der Waals surface area contributed by atoms with Gasteiger partial charge in [-0.1, -0.05) is 30.3 Å². The van der Waals surface area contributed by atoms with E-state index in [1.807, 2.05) is 6.07 Å². The summed E-state index contributed by atoms with van der Waals surface area (Å²) in [6.45, 7) is 0. The lowest BCUT2D eigenvalue weighted by molar-refractivity contribution is 0.0600. The molecule has 0 fully saturated rings. The van der Waals surface area contributed by atoms with Gasteiger partial charge in [0, 0.05) is 5.56 Å². The van der Waals surface area contributed by atoms with Crippen LogP contribution in [0, 0.1) is 0 Å². The summed E-state index contributed by atoms with van der Waals surface area (Å²) in [5.41, 5.74) is 4.19. The first-order chi connectivity index (χ1) is 10.2. The average Bonchev–Trinajstić information content (AvgIpc) is 2.55. The van der Waals surface area contributed by atoms with Crippen LogP contribution in [0.5, 0.6) is 0 Å². The summed E-state index contributed by atoms with van der Waals surface area (Å²) in [5.74, 6) is -0.672. The Balaban J connectivity index is 1.95. The van der Waals surface area contributed by atoms with Crippen molar-refractivity contribution >= 4 is 18.1 Å². The first-order valence-electron chi connectivity index (χ1n) is 6.27. The summed E-state index contributed by atoms with van der Waals surface area (Å²) in [5, 5.41) is 3.87. The van der Waals surface area contributed by atoms with Crippen molar-refractivity contribution in [2.24, 2.45) is 5.10 Å². The van der Waals surface area contributed by atoms with Crippen LogP contribution in [0.4, 0.5) is 0 Å². The van der Waals surface area contributed by atoms with Crippen molar-refractivity contribution in [2.45, 2.75) is 0 Å². The van der Waals surface area contributed by atoms with E-state index in [2.05, 4.69) is 15.3 Å². The Kier molecular flexibility index (Phi) is 4.82. The molecule has 0 aliphatic carbocycles. The van der Waals surface area contributed by atoms with Gasteiger partial charge in [0.2, 0.25) is 0 Å². The maximum Gasteiger partial charge on any atom is 0.337 e. The second-order valence-corrected chi connectivity index (χ2v) is 4.18. The highest BCUT2D eigenvalue weighted by Crippen LogP contribution is 2.04. The fraction of sp³-hybridized carbons (Fsp3) is 0.0625. The summed E-state index contributed by atoms with van der Waals surface area (Å²) >= 11 is 0. The third kappa shape index (κ3) is 4.01. The Labute approximate surface area is 122 Å². The van der Waals surface area contributed by atoms with Gasteiger partial charge in [0.1, 0.15) is 0 Å². The van der Waals surface area contributed by atoms with E-state index in [0.29, 0.717) is 11.1 Å². The van der Waals surface area contributed by atoms with E-state index < -0.39 is 5.97 Å². The average molecular weight is 282 g/mol. The topological polar surface area (TPSA) is 67.8 Å². The van der Waals surface area contributed by atoms with Gasteiger partial charge in [0.25, 0.3) is 5.91 Å². The Hall–Kier alpha value is -2.95. The number of methoxy groups -OCH3 is 1. The van der Waals surface area contributed by atoms with Crippen LogP contribution >= 0.6 is 0 Å². The molecule has 2 aromatic carbocycles. The molecule has 5 nitrogen and oxygen atoms in total. The highest BCUT2D eigenvalue weighted by Gasteiger charge is 2.04. The van der Waals surface area contributed by atoms with Crippen molar-refractivity contribution in [3.05, 3.63) is 71.3 Å². The molecule has 0 spiro atoms. The van der Waals surface area contributed by atoms with Crippen molar-refractivity contribution in [3.8, 4) is 0 Å². The van der Waals surface area contributed by atoms with Crippen molar-refractivity contribution in [1.82, 2.24) is 5.43 Å². The van der Waals surface area contributed by atoms with Crippen LogP contribution in [0.1, 0.15) is 26.3 Å². The Bertz CT molecular complexity index is 649. The number of carbonyl (C=O) groups is 2. The number of hydrogen-bond acceptors (Lipinski definition) is 4. The highest BCUT2D eigenvalue weighted by molar-refractivity contribution is 5.95. The number of amides is 1. The van der Waals surface area contributed by atoms with Gasteiger partial charge in [-0.3, -0.25) is 4.79 Å². The number of carbonyl (C=O) groups excluding carboxylic acids is 2. The molecule has 0 unspecified atom stereocenters. The van der Waals surface area contributed by atoms with Crippen LogP contribution < -0.4 is 5.43 Å². The quantitative estimate of drug-likeness (QED) is 0.531. The van der Waals surface area contributed by atoms with Crippen LogP contribution in [0.3, 0.4) is 0 Å². The largest absolute Gasteiger partial charge is 0.465 e. The molecule has 21 heavy (non-hydrogen) atoms. The molecule has 0 aromatic heterocycles. The number of nitrogens with zero attached hydrogens (tertiary/aromatic N) is 1. The number of ether oxygens (including phenoxy) is 1. The third-order valence-corrected chi connectivity index (χ3v) is 2.75. The van der Waals surface area contributed by atoms with Crippen molar-refractivity contribution < 1.29 is 14.3 Å². The zero-order chi connectivity index (χ0) is 15.1. The molecule has 0 radical (unpaired) electrons.